The Morgan fingerprint density at radius 1 is 1.14 bits per heavy atom. The number of benzene rings is 1. The minimum absolute atomic E-state index is 0.0232. The van der Waals surface area contributed by atoms with E-state index in [1.165, 1.54) is 42.7 Å². The van der Waals surface area contributed by atoms with Crippen molar-refractivity contribution in [1.29, 1.82) is 0 Å². The van der Waals surface area contributed by atoms with Gasteiger partial charge >= 0.3 is 5.97 Å². The predicted octanol–water partition coefficient (Wildman–Crippen LogP) is 2.81. The molecule has 0 aliphatic rings. The molecule has 0 aliphatic carbocycles. The van der Waals surface area contributed by atoms with Crippen molar-refractivity contribution in [2.45, 2.75) is 31.2 Å². The minimum Gasteiger partial charge on any atom is -0.469 e. The van der Waals surface area contributed by atoms with Crippen LogP contribution in [0.5, 0.6) is 0 Å². The molecule has 1 unspecified atom stereocenters. The smallest absolute Gasteiger partial charge is 0.307 e. The van der Waals surface area contributed by atoms with Crippen molar-refractivity contribution >= 4 is 33.2 Å². The van der Waals surface area contributed by atoms with Crippen molar-refractivity contribution in [2.24, 2.45) is 0 Å². The summed E-state index contributed by atoms with van der Waals surface area (Å²) in [5.74, 6) is -0.662. The van der Waals surface area contributed by atoms with Crippen LogP contribution in [0.2, 0.25) is 0 Å². The lowest BCUT2D eigenvalue weighted by molar-refractivity contribution is -0.141. The molecule has 1 atom stereocenters. The number of thiophene rings is 1. The normalized spacial score (nSPS) is 12.4. The summed E-state index contributed by atoms with van der Waals surface area (Å²) in [6.07, 6.45) is -0.116. The molecular formula is C19H24N2O5S2. The number of rotatable bonds is 9. The van der Waals surface area contributed by atoms with Gasteiger partial charge in [-0.05, 0) is 49.6 Å². The van der Waals surface area contributed by atoms with Crippen LogP contribution in [0.3, 0.4) is 0 Å². The highest BCUT2D eigenvalue weighted by Crippen LogP contribution is 2.25. The zero-order valence-corrected chi connectivity index (χ0v) is 17.7. The molecule has 7 nitrogen and oxygen atoms in total. The van der Waals surface area contributed by atoms with Gasteiger partial charge in [-0.25, -0.2) is 13.1 Å². The molecule has 2 aromatic rings. The molecule has 1 aromatic heterocycles. The molecule has 1 N–H and O–H groups in total. The Labute approximate surface area is 169 Å². The minimum atomic E-state index is -3.89. The fourth-order valence-corrected chi connectivity index (χ4v) is 4.73. The number of carbonyl (C=O) groups is 2. The number of methoxy groups -OCH3 is 1. The maximum absolute atomic E-state index is 12.8. The maximum atomic E-state index is 12.8. The molecule has 28 heavy (non-hydrogen) atoms. The molecule has 9 heteroatoms. The average Bonchev–Trinajstić information content (AvgIpc) is 3.23. The number of sulfonamides is 1. The Bertz CT molecular complexity index is 889. The highest BCUT2D eigenvalue weighted by Gasteiger charge is 2.25. The first-order valence-electron chi connectivity index (χ1n) is 8.84. The van der Waals surface area contributed by atoms with E-state index in [0.29, 0.717) is 23.5 Å². The highest BCUT2D eigenvalue weighted by atomic mass is 32.2. The SMILES string of the molecule is CCN(CC)C(=O)c1ccc(S(=O)(=O)NC(CC(=O)OC)c2cccs2)cc1. The van der Waals surface area contributed by atoms with Gasteiger partial charge in [0.05, 0.1) is 24.5 Å². The lowest BCUT2D eigenvalue weighted by Crippen LogP contribution is -2.31. The van der Waals surface area contributed by atoms with E-state index in [2.05, 4.69) is 9.46 Å². The Balaban J connectivity index is 2.22. The third-order valence-electron chi connectivity index (χ3n) is 4.24. The molecule has 0 spiro atoms. The summed E-state index contributed by atoms with van der Waals surface area (Å²) in [5, 5.41) is 1.81. The van der Waals surface area contributed by atoms with E-state index in [4.69, 9.17) is 0 Å². The van der Waals surface area contributed by atoms with Crippen LogP contribution in [0.1, 0.15) is 41.5 Å². The largest absolute Gasteiger partial charge is 0.469 e. The fourth-order valence-electron chi connectivity index (χ4n) is 2.67. The number of nitrogens with one attached hydrogen (secondary N) is 1. The summed E-state index contributed by atoms with van der Waals surface area (Å²) in [7, 11) is -2.63. The number of carbonyl (C=O) groups excluding carboxylic acids is 2. The molecule has 1 heterocycles. The third-order valence-corrected chi connectivity index (χ3v) is 6.72. The van der Waals surface area contributed by atoms with E-state index in [9.17, 15) is 18.0 Å². The van der Waals surface area contributed by atoms with Crippen molar-refractivity contribution in [3.05, 3.63) is 52.2 Å². The number of esters is 1. The van der Waals surface area contributed by atoms with Gasteiger partial charge in [0.1, 0.15) is 0 Å². The molecular weight excluding hydrogens is 400 g/mol. The number of amides is 1. The summed E-state index contributed by atoms with van der Waals surface area (Å²) in [6.45, 7) is 4.92. The molecule has 152 valence electrons. The van der Waals surface area contributed by atoms with Crippen LogP contribution >= 0.6 is 11.3 Å². The van der Waals surface area contributed by atoms with Crippen LogP contribution in [-0.2, 0) is 19.6 Å². The third kappa shape index (κ3) is 5.40. The lowest BCUT2D eigenvalue weighted by atomic mass is 10.2. The zero-order valence-electron chi connectivity index (χ0n) is 16.0. The average molecular weight is 425 g/mol. The Morgan fingerprint density at radius 2 is 1.79 bits per heavy atom. The van der Waals surface area contributed by atoms with Gasteiger partial charge in [0.15, 0.2) is 0 Å². The molecule has 0 aliphatic heterocycles. The van der Waals surface area contributed by atoms with E-state index in [1.54, 1.807) is 17.0 Å². The maximum Gasteiger partial charge on any atom is 0.307 e. The Morgan fingerprint density at radius 3 is 2.29 bits per heavy atom. The highest BCUT2D eigenvalue weighted by molar-refractivity contribution is 7.89. The Hall–Kier alpha value is -2.23. The standard InChI is InChI=1S/C19H24N2O5S2/c1-4-21(5-2)19(23)14-8-10-15(11-9-14)28(24,25)20-16(13-18(22)26-3)17-7-6-12-27-17/h6-12,16,20H,4-5,13H2,1-3H3. The number of nitrogens with zero attached hydrogens (tertiary/aromatic N) is 1. The summed E-state index contributed by atoms with van der Waals surface area (Å²) in [5.41, 5.74) is 0.423. The van der Waals surface area contributed by atoms with Gasteiger partial charge in [-0.1, -0.05) is 6.07 Å². The van der Waals surface area contributed by atoms with Crippen molar-refractivity contribution in [2.75, 3.05) is 20.2 Å². The molecule has 1 amide bonds. The van der Waals surface area contributed by atoms with Gasteiger partial charge in [-0.3, -0.25) is 9.59 Å². The number of ether oxygens (including phenoxy) is 1. The summed E-state index contributed by atoms with van der Waals surface area (Å²) >= 11 is 1.35. The summed E-state index contributed by atoms with van der Waals surface area (Å²) in [4.78, 5) is 26.4. The van der Waals surface area contributed by atoms with Crippen molar-refractivity contribution in [3.63, 3.8) is 0 Å². The predicted molar refractivity (Wildman–Crippen MR) is 108 cm³/mol. The first-order valence-corrected chi connectivity index (χ1v) is 11.2. The molecule has 0 radical (unpaired) electrons. The summed E-state index contributed by atoms with van der Waals surface area (Å²) in [6, 6.07) is 8.59. The van der Waals surface area contributed by atoms with Gasteiger partial charge in [-0.2, -0.15) is 0 Å². The molecule has 1 aromatic carbocycles. The second kappa shape index (κ2) is 9.81. The van der Waals surface area contributed by atoms with Crippen LogP contribution in [0, 0.1) is 0 Å². The van der Waals surface area contributed by atoms with Crippen LogP contribution < -0.4 is 4.72 Å². The molecule has 0 bridgehead atoms. The topological polar surface area (TPSA) is 92.8 Å². The van der Waals surface area contributed by atoms with Crippen LogP contribution in [0.15, 0.2) is 46.7 Å². The van der Waals surface area contributed by atoms with Crippen molar-refractivity contribution < 1.29 is 22.7 Å². The molecule has 0 saturated carbocycles. The van der Waals surface area contributed by atoms with Gasteiger partial charge in [0.25, 0.3) is 5.91 Å². The second-order valence-electron chi connectivity index (χ2n) is 5.97. The quantitative estimate of drug-likeness (QED) is 0.625. The van der Waals surface area contributed by atoms with Gasteiger partial charge in [0.2, 0.25) is 10.0 Å². The number of hydrogen-bond donors (Lipinski definition) is 1. The number of hydrogen-bond acceptors (Lipinski definition) is 6. The second-order valence-corrected chi connectivity index (χ2v) is 8.66. The summed E-state index contributed by atoms with van der Waals surface area (Å²) < 4.78 is 32.8. The van der Waals surface area contributed by atoms with Crippen LogP contribution in [0.25, 0.3) is 0 Å². The first-order chi connectivity index (χ1) is 13.3. The fraction of sp³-hybridized carbons (Fsp3) is 0.368. The van der Waals surface area contributed by atoms with E-state index in [0.717, 1.165) is 0 Å². The van der Waals surface area contributed by atoms with Gasteiger partial charge < -0.3 is 9.64 Å². The van der Waals surface area contributed by atoms with E-state index < -0.39 is 22.0 Å². The van der Waals surface area contributed by atoms with E-state index in [-0.39, 0.29) is 17.2 Å². The van der Waals surface area contributed by atoms with Crippen LogP contribution in [-0.4, -0.2) is 45.4 Å². The van der Waals surface area contributed by atoms with E-state index in [1.807, 2.05) is 19.2 Å². The molecule has 0 saturated heterocycles. The molecule has 2 rings (SSSR count). The zero-order chi connectivity index (χ0) is 20.7. The van der Waals surface area contributed by atoms with Crippen molar-refractivity contribution in [1.82, 2.24) is 9.62 Å². The first kappa shape index (κ1) is 22.1. The molecule has 0 fully saturated rings. The van der Waals surface area contributed by atoms with Gasteiger partial charge in [-0.15, -0.1) is 11.3 Å². The van der Waals surface area contributed by atoms with Crippen LogP contribution in [0.4, 0.5) is 0 Å². The van der Waals surface area contributed by atoms with E-state index >= 15 is 0 Å². The monoisotopic (exact) mass is 424 g/mol. The Kier molecular flexibility index (Phi) is 7.73. The van der Waals surface area contributed by atoms with Gasteiger partial charge in [0, 0.05) is 23.5 Å². The lowest BCUT2D eigenvalue weighted by Gasteiger charge is -2.19. The van der Waals surface area contributed by atoms with Crippen molar-refractivity contribution in [3.8, 4) is 0 Å².